The van der Waals surface area contributed by atoms with Gasteiger partial charge in [0.2, 0.25) is 5.90 Å². The number of benzene rings is 3. The van der Waals surface area contributed by atoms with Crippen LogP contribution in [0.3, 0.4) is 0 Å². The lowest BCUT2D eigenvalue weighted by atomic mass is 10.1. The molecule has 0 fully saturated rings. The molecule has 1 atom stereocenters. The Labute approximate surface area is 166 Å². The summed E-state index contributed by atoms with van der Waals surface area (Å²) in [6.45, 7) is 4.82. The number of rotatable bonds is 5. The molecular weight excluding hydrogens is 368 g/mol. The van der Waals surface area contributed by atoms with E-state index in [1.807, 2.05) is 18.2 Å². The van der Waals surface area contributed by atoms with Crippen LogP contribution in [0.4, 0.5) is 4.39 Å². The Kier molecular flexibility index (Phi) is 5.54. The van der Waals surface area contributed by atoms with Crippen LogP contribution >= 0.6 is 7.92 Å². The van der Waals surface area contributed by atoms with Gasteiger partial charge in [-0.1, -0.05) is 80.6 Å². The predicted octanol–water partition coefficient (Wildman–Crippen LogP) is 4.39. The van der Waals surface area contributed by atoms with Gasteiger partial charge in [0.1, 0.15) is 12.4 Å². The molecule has 1 aliphatic rings. The third kappa shape index (κ3) is 3.86. The average molecular weight is 391 g/mol. The summed E-state index contributed by atoms with van der Waals surface area (Å²) in [5, 5.41) is 3.50. The minimum atomic E-state index is -0.852. The van der Waals surface area contributed by atoms with E-state index in [1.54, 1.807) is 6.07 Å². The van der Waals surface area contributed by atoms with Crippen LogP contribution in [0.5, 0.6) is 0 Å². The summed E-state index contributed by atoms with van der Waals surface area (Å²) in [7, 11) is -0.852. The Bertz CT molecular complexity index is 933. The van der Waals surface area contributed by atoms with Gasteiger partial charge < -0.3 is 4.74 Å². The van der Waals surface area contributed by atoms with Crippen LogP contribution in [-0.4, -0.2) is 18.5 Å². The highest BCUT2D eigenvalue weighted by atomic mass is 31.1. The first-order chi connectivity index (χ1) is 13.6. The molecule has 2 nitrogen and oxygen atoms in total. The van der Waals surface area contributed by atoms with E-state index in [4.69, 9.17) is 9.73 Å². The van der Waals surface area contributed by atoms with E-state index in [9.17, 15) is 4.39 Å². The molecule has 0 aliphatic carbocycles. The highest BCUT2D eigenvalue weighted by Crippen LogP contribution is 2.35. The fraction of sp³-hybridized carbons (Fsp3) is 0.208. The van der Waals surface area contributed by atoms with Crippen LogP contribution in [-0.2, 0) is 4.74 Å². The third-order valence-corrected chi connectivity index (χ3v) is 7.40. The van der Waals surface area contributed by atoms with Crippen molar-refractivity contribution >= 4 is 29.7 Å². The van der Waals surface area contributed by atoms with Crippen molar-refractivity contribution in [3.8, 4) is 0 Å². The standard InChI is InChI=1S/C24H23FNOP/c1-17(2)22-16-27-24(26-22)21-15-18(25)13-14-23(21)28(19-9-5-3-6-10-19)20-11-7-4-8-12-20/h3-15,17,22H,16H2,1-2H3/t22-/m1/s1. The van der Waals surface area contributed by atoms with E-state index < -0.39 is 7.92 Å². The van der Waals surface area contributed by atoms with Gasteiger partial charge in [-0.3, -0.25) is 0 Å². The van der Waals surface area contributed by atoms with Gasteiger partial charge in [0.05, 0.1) is 6.04 Å². The average Bonchev–Trinajstić information content (AvgIpc) is 3.21. The first kappa shape index (κ1) is 18.8. The Morgan fingerprint density at radius 3 is 2.07 bits per heavy atom. The maximum Gasteiger partial charge on any atom is 0.217 e. The topological polar surface area (TPSA) is 21.6 Å². The number of hydrogen-bond donors (Lipinski definition) is 0. The van der Waals surface area contributed by atoms with Crippen molar-refractivity contribution in [3.63, 3.8) is 0 Å². The molecule has 3 aromatic carbocycles. The molecule has 0 spiro atoms. The largest absolute Gasteiger partial charge is 0.475 e. The summed E-state index contributed by atoms with van der Waals surface area (Å²) in [5.74, 6) is 0.681. The molecule has 0 amide bonds. The molecule has 0 N–H and O–H groups in total. The van der Waals surface area contributed by atoms with Crippen LogP contribution in [0.15, 0.2) is 83.9 Å². The van der Waals surface area contributed by atoms with Crippen molar-refractivity contribution in [1.29, 1.82) is 0 Å². The zero-order valence-electron chi connectivity index (χ0n) is 16.0. The lowest BCUT2D eigenvalue weighted by molar-refractivity contribution is 0.292. The summed E-state index contributed by atoms with van der Waals surface area (Å²) >= 11 is 0. The van der Waals surface area contributed by atoms with Gasteiger partial charge in [-0.05, 0) is 41.9 Å². The number of aliphatic imine (C=N–C) groups is 1. The Hall–Kier alpha value is -2.51. The van der Waals surface area contributed by atoms with Crippen LogP contribution < -0.4 is 15.9 Å². The van der Waals surface area contributed by atoms with Gasteiger partial charge in [-0.25, -0.2) is 9.38 Å². The zero-order chi connectivity index (χ0) is 19.5. The van der Waals surface area contributed by atoms with Gasteiger partial charge in [0.15, 0.2) is 0 Å². The van der Waals surface area contributed by atoms with Crippen molar-refractivity contribution in [1.82, 2.24) is 0 Å². The summed E-state index contributed by atoms with van der Waals surface area (Å²) in [4.78, 5) is 4.77. The summed E-state index contributed by atoms with van der Waals surface area (Å²) in [6, 6.07) is 25.9. The monoisotopic (exact) mass is 391 g/mol. The molecule has 0 unspecified atom stereocenters. The zero-order valence-corrected chi connectivity index (χ0v) is 16.9. The Morgan fingerprint density at radius 1 is 0.929 bits per heavy atom. The predicted molar refractivity (Wildman–Crippen MR) is 116 cm³/mol. The van der Waals surface area contributed by atoms with E-state index in [-0.39, 0.29) is 11.9 Å². The number of ether oxygens (including phenoxy) is 1. The van der Waals surface area contributed by atoms with Gasteiger partial charge in [0.25, 0.3) is 0 Å². The lowest BCUT2D eigenvalue weighted by Crippen LogP contribution is -2.25. The van der Waals surface area contributed by atoms with E-state index in [2.05, 4.69) is 62.4 Å². The third-order valence-electron chi connectivity index (χ3n) is 4.90. The van der Waals surface area contributed by atoms with Crippen LogP contribution in [0.25, 0.3) is 0 Å². The quantitative estimate of drug-likeness (QED) is 0.592. The molecule has 28 heavy (non-hydrogen) atoms. The van der Waals surface area contributed by atoms with Gasteiger partial charge >= 0.3 is 0 Å². The van der Waals surface area contributed by atoms with Crippen molar-refractivity contribution in [2.45, 2.75) is 19.9 Å². The van der Waals surface area contributed by atoms with Crippen LogP contribution in [0, 0.1) is 11.7 Å². The highest BCUT2D eigenvalue weighted by molar-refractivity contribution is 7.80. The molecule has 0 bridgehead atoms. The molecule has 0 saturated heterocycles. The first-order valence-corrected chi connectivity index (χ1v) is 10.9. The SMILES string of the molecule is CC(C)[C@H]1COC(c2cc(F)ccc2P(c2ccccc2)c2ccccc2)=N1. The fourth-order valence-electron chi connectivity index (χ4n) is 3.33. The summed E-state index contributed by atoms with van der Waals surface area (Å²) < 4.78 is 20.1. The van der Waals surface area contributed by atoms with E-state index in [0.717, 1.165) is 10.9 Å². The molecule has 0 aromatic heterocycles. The highest BCUT2D eigenvalue weighted by Gasteiger charge is 2.28. The van der Waals surface area contributed by atoms with Crippen LogP contribution in [0.1, 0.15) is 19.4 Å². The number of nitrogens with zero attached hydrogens (tertiary/aromatic N) is 1. The van der Waals surface area contributed by atoms with Crippen molar-refractivity contribution in [2.24, 2.45) is 10.9 Å². The van der Waals surface area contributed by atoms with Gasteiger partial charge in [-0.15, -0.1) is 0 Å². The summed E-state index contributed by atoms with van der Waals surface area (Å²) in [5.41, 5.74) is 0.766. The maximum absolute atomic E-state index is 14.2. The van der Waals surface area contributed by atoms with Gasteiger partial charge in [0, 0.05) is 5.56 Å². The maximum atomic E-state index is 14.2. The second-order valence-electron chi connectivity index (χ2n) is 7.22. The molecule has 1 aliphatic heterocycles. The molecular formula is C24H23FNOP. The minimum absolute atomic E-state index is 0.116. The molecule has 0 saturated carbocycles. The normalized spacial score (nSPS) is 16.3. The molecule has 4 heteroatoms. The minimum Gasteiger partial charge on any atom is -0.475 e. The molecule has 3 aromatic rings. The first-order valence-electron chi connectivity index (χ1n) is 9.54. The van der Waals surface area contributed by atoms with E-state index in [0.29, 0.717) is 18.4 Å². The smallest absolute Gasteiger partial charge is 0.217 e. The molecule has 1 heterocycles. The van der Waals surface area contributed by atoms with Crippen molar-refractivity contribution < 1.29 is 9.13 Å². The lowest BCUT2D eigenvalue weighted by Gasteiger charge is -2.22. The number of halogens is 1. The second-order valence-corrected chi connectivity index (χ2v) is 9.41. The molecule has 4 rings (SSSR count). The second kappa shape index (κ2) is 8.24. The molecule has 142 valence electrons. The molecule has 0 radical (unpaired) electrons. The van der Waals surface area contributed by atoms with Gasteiger partial charge in [-0.2, -0.15) is 0 Å². The Balaban J connectivity index is 1.87. The fourth-order valence-corrected chi connectivity index (χ4v) is 5.75. The van der Waals surface area contributed by atoms with Crippen molar-refractivity contribution in [3.05, 3.63) is 90.2 Å². The van der Waals surface area contributed by atoms with Crippen LogP contribution in [0.2, 0.25) is 0 Å². The summed E-state index contributed by atoms with van der Waals surface area (Å²) in [6.07, 6.45) is 0. The Morgan fingerprint density at radius 2 is 1.54 bits per heavy atom. The van der Waals surface area contributed by atoms with Crippen molar-refractivity contribution in [2.75, 3.05) is 6.61 Å². The van der Waals surface area contributed by atoms with E-state index in [1.165, 1.54) is 16.7 Å². The number of hydrogen-bond acceptors (Lipinski definition) is 2. The van der Waals surface area contributed by atoms with E-state index >= 15 is 0 Å².